The molecule has 0 aliphatic heterocycles. The molecule has 216 valence electrons. The van der Waals surface area contributed by atoms with Crippen LogP contribution in [0.15, 0.2) is 96.3 Å². The van der Waals surface area contributed by atoms with Crippen LogP contribution in [0.3, 0.4) is 0 Å². The van der Waals surface area contributed by atoms with E-state index in [2.05, 4.69) is 28.4 Å². The fraction of sp³-hybridized carbons (Fsp3) is 0.114. The van der Waals surface area contributed by atoms with Gasteiger partial charge in [0.15, 0.2) is 11.6 Å². The summed E-state index contributed by atoms with van der Waals surface area (Å²) in [6.07, 6.45) is 7.97. The Morgan fingerprint density at radius 1 is 0.750 bits per heavy atom. The van der Waals surface area contributed by atoms with Gasteiger partial charge in [0, 0.05) is 52.8 Å². The highest BCUT2D eigenvalue weighted by atomic mass is 16.2. The number of hydrazine groups is 1. The Balaban J connectivity index is 1.37. The number of amides is 1. The van der Waals surface area contributed by atoms with Gasteiger partial charge < -0.3 is 10.6 Å². The standard InChI is InChI=1S/C35H26N4O5/c1-2-9-28(35(44)39-36)38-30-20-32(41)24-17-16-21(18-26(24)34(30)43)10-8-15-27(22-11-4-3-5-12-22)37-29-19-31(40)23-13-6-7-14-25(23)33(29)42/h1,3-7,11-14,16-20,27-28,37-38H,9,15,36H2,(H,39,44). The molecule has 5 N–H and O–H groups in total. The number of terminal acetylenes is 1. The highest BCUT2D eigenvalue weighted by Crippen LogP contribution is 2.25. The van der Waals surface area contributed by atoms with E-state index in [1.165, 1.54) is 18.2 Å². The lowest BCUT2D eigenvalue weighted by Gasteiger charge is -2.22. The molecule has 0 bridgehead atoms. The van der Waals surface area contributed by atoms with E-state index in [4.69, 9.17) is 12.3 Å². The van der Waals surface area contributed by atoms with E-state index >= 15 is 0 Å². The number of carbonyl (C=O) groups is 5. The van der Waals surface area contributed by atoms with Crippen molar-refractivity contribution in [2.75, 3.05) is 0 Å². The second kappa shape index (κ2) is 12.9. The lowest BCUT2D eigenvalue weighted by molar-refractivity contribution is -0.122. The van der Waals surface area contributed by atoms with E-state index in [0.717, 1.165) is 11.6 Å². The number of carbonyl (C=O) groups excluding carboxylic acids is 5. The summed E-state index contributed by atoms with van der Waals surface area (Å²) < 4.78 is 0. The summed E-state index contributed by atoms with van der Waals surface area (Å²) >= 11 is 0. The monoisotopic (exact) mass is 582 g/mol. The maximum atomic E-state index is 13.3. The second-order valence-electron chi connectivity index (χ2n) is 10.0. The minimum atomic E-state index is -1.00. The largest absolute Gasteiger partial charge is 0.374 e. The molecule has 5 rings (SSSR count). The summed E-state index contributed by atoms with van der Waals surface area (Å²) in [4.78, 5) is 64.0. The molecule has 1 amide bonds. The molecular formula is C35H26N4O5. The van der Waals surface area contributed by atoms with Crippen LogP contribution in [-0.2, 0) is 4.79 Å². The molecular weight excluding hydrogens is 556 g/mol. The number of allylic oxidation sites excluding steroid dienone is 4. The van der Waals surface area contributed by atoms with Gasteiger partial charge in [-0.15, -0.1) is 12.3 Å². The number of fused-ring (bicyclic) bond motifs is 2. The van der Waals surface area contributed by atoms with Crippen molar-refractivity contribution in [1.82, 2.24) is 16.1 Å². The lowest BCUT2D eigenvalue weighted by atomic mass is 9.90. The van der Waals surface area contributed by atoms with Gasteiger partial charge in [-0.2, -0.15) is 0 Å². The minimum absolute atomic E-state index is 0.0556. The van der Waals surface area contributed by atoms with Crippen molar-refractivity contribution >= 4 is 29.0 Å². The van der Waals surface area contributed by atoms with E-state index in [9.17, 15) is 24.0 Å². The first-order valence-electron chi connectivity index (χ1n) is 13.7. The van der Waals surface area contributed by atoms with Crippen LogP contribution in [-0.4, -0.2) is 35.1 Å². The van der Waals surface area contributed by atoms with Crippen LogP contribution in [0.5, 0.6) is 0 Å². The SMILES string of the molecule is C#CCC(NC1=CC(=O)c2ccc(C#CCC(NC3=CC(=O)c4ccccc4C3=O)c3ccccc3)cc2C1=O)C(=O)NN. The second-order valence-corrected chi connectivity index (χ2v) is 10.0. The average Bonchev–Trinajstić information content (AvgIpc) is 3.05. The van der Waals surface area contributed by atoms with E-state index in [1.54, 1.807) is 30.3 Å². The molecule has 3 aromatic carbocycles. The number of nitrogens with one attached hydrogen (secondary N) is 3. The third-order valence-corrected chi connectivity index (χ3v) is 7.19. The van der Waals surface area contributed by atoms with Crippen LogP contribution in [0.25, 0.3) is 0 Å². The quantitative estimate of drug-likeness (QED) is 0.137. The van der Waals surface area contributed by atoms with Gasteiger partial charge in [0.05, 0.1) is 17.4 Å². The zero-order valence-electron chi connectivity index (χ0n) is 23.3. The number of hydrogen-bond donors (Lipinski definition) is 4. The maximum absolute atomic E-state index is 13.3. The van der Waals surface area contributed by atoms with Crippen molar-refractivity contribution in [2.24, 2.45) is 5.84 Å². The van der Waals surface area contributed by atoms with E-state index in [1.807, 2.05) is 35.8 Å². The summed E-state index contributed by atoms with van der Waals surface area (Å²) in [5.74, 6) is 11.6. The zero-order valence-corrected chi connectivity index (χ0v) is 23.3. The molecule has 0 heterocycles. The smallest absolute Gasteiger partial charge is 0.257 e. The third-order valence-electron chi connectivity index (χ3n) is 7.19. The molecule has 2 aliphatic rings. The highest BCUT2D eigenvalue weighted by molar-refractivity contribution is 6.25. The van der Waals surface area contributed by atoms with Crippen LogP contribution in [0.4, 0.5) is 0 Å². The first kappa shape index (κ1) is 29.5. The van der Waals surface area contributed by atoms with Gasteiger partial charge in [0.25, 0.3) is 5.91 Å². The minimum Gasteiger partial charge on any atom is -0.374 e. The van der Waals surface area contributed by atoms with E-state index in [-0.39, 0.29) is 46.9 Å². The predicted molar refractivity (Wildman–Crippen MR) is 163 cm³/mol. The maximum Gasteiger partial charge on any atom is 0.257 e. The molecule has 9 heteroatoms. The fourth-order valence-corrected chi connectivity index (χ4v) is 4.97. The summed E-state index contributed by atoms with van der Waals surface area (Å²) in [7, 11) is 0. The van der Waals surface area contributed by atoms with Crippen LogP contribution >= 0.6 is 0 Å². The summed E-state index contributed by atoms with van der Waals surface area (Å²) in [6.45, 7) is 0. The Hall–Kier alpha value is -6.03. The Kier molecular flexibility index (Phi) is 8.62. The predicted octanol–water partition coefficient (Wildman–Crippen LogP) is 2.96. The number of nitrogens with two attached hydrogens (primary N) is 1. The molecule has 3 aromatic rings. The zero-order chi connectivity index (χ0) is 31.2. The first-order chi connectivity index (χ1) is 21.3. The number of Topliss-reactive ketones (excluding diaryl/α,β-unsaturated/α-hetero) is 2. The van der Waals surface area contributed by atoms with Crippen LogP contribution in [0.2, 0.25) is 0 Å². The molecule has 44 heavy (non-hydrogen) atoms. The van der Waals surface area contributed by atoms with Crippen molar-refractivity contribution in [1.29, 1.82) is 0 Å². The van der Waals surface area contributed by atoms with Gasteiger partial charge in [-0.1, -0.05) is 66.4 Å². The Labute approximate surface area is 253 Å². The molecule has 0 aromatic heterocycles. The van der Waals surface area contributed by atoms with Gasteiger partial charge in [-0.25, -0.2) is 5.84 Å². The van der Waals surface area contributed by atoms with Gasteiger partial charge in [0.2, 0.25) is 11.6 Å². The first-order valence-corrected chi connectivity index (χ1v) is 13.7. The summed E-state index contributed by atoms with van der Waals surface area (Å²) in [5.41, 5.74) is 4.47. The molecule has 0 saturated carbocycles. The molecule has 0 spiro atoms. The number of rotatable bonds is 8. The Morgan fingerprint density at radius 2 is 1.36 bits per heavy atom. The van der Waals surface area contributed by atoms with Crippen molar-refractivity contribution < 1.29 is 24.0 Å². The molecule has 2 atom stereocenters. The van der Waals surface area contributed by atoms with Crippen molar-refractivity contribution in [3.05, 3.63) is 130 Å². The topological polar surface area (TPSA) is 147 Å². The fourth-order valence-electron chi connectivity index (χ4n) is 4.97. The van der Waals surface area contributed by atoms with E-state index in [0.29, 0.717) is 16.7 Å². The average molecular weight is 583 g/mol. The number of ketones is 4. The lowest BCUT2D eigenvalue weighted by Crippen LogP contribution is -2.47. The Bertz CT molecular complexity index is 1870. The molecule has 2 unspecified atom stereocenters. The van der Waals surface area contributed by atoms with Crippen LogP contribution in [0.1, 0.15) is 71.4 Å². The van der Waals surface area contributed by atoms with Gasteiger partial charge >= 0.3 is 0 Å². The van der Waals surface area contributed by atoms with Crippen LogP contribution in [0, 0.1) is 24.2 Å². The van der Waals surface area contributed by atoms with Gasteiger partial charge in [-0.3, -0.25) is 29.4 Å². The van der Waals surface area contributed by atoms with Gasteiger partial charge in [-0.05, 0) is 23.8 Å². The van der Waals surface area contributed by atoms with Crippen molar-refractivity contribution in [3.63, 3.8) is 0 Å². The number of hydrogen-bond acceptors (Lipinski definition) is 8. The van der Waals surface area contributed by atoms with E-state index < -0.39 is 29.6 Å². The molecule has 9 nitrogen and oxygen atoms in total. The molecule has 2 aliphatic carbocycles. The summed E-state index contributed by atoms with van der Waals surface area (Å²) in [5, 5.41) is 5.94. The highest BCUT2D eigenvalue weighted by Gasteiger charge is 2.29. The van der Waals surface area contributed by atoms with Gasteiger partial charge in [0.1, 0.15) is 6.04 Å². The third kappa shape index (κ3) is 6.09. The normalized spacial score (nSPS) is 14.8. The Morgan fingerprint density at radius 3 is 2.05 bits per heavy atom. The number of benzene rings is 3. The van der Waals surface area contributed by atoms with Crippen LogP contribution < -0.4 is 21.9 Å². The molecule has 0 radical (unpaired) electrons. The van der Waals surface area contributed by atoms with Crippen molar-refractivity contribution in [3.8, 4) is 24.2 Å². The van der Waals surface area contributed by atoms with Crippen molar-refractivity contribution in [2.45, 2.75) is 24.9 Å². The summed E-state index contributed by atoms with van der Waals surface area (Å²) in [6, 6.07) is 19.3. The molecule has 0 fully saturated rings. The molecule has 0 saturated heterocycles.